The molecule has 5 rings (SSSR count). The van der Waals surface area contributed by atoms with Crippen LogP contribution in [0.25, 0.3) is 17.8 Å². The molecule has 3 aromatic rings. The molecule has 5 nitrogen and oxygen atoms in total. The lowest BCUT2D eigenvalue weighted by molar-refractivity contribution is 0.0642. The van der Waals surface area contributed by atoms with Crippen molar-refractivity contribution >= 4 is 29.7 Å². The third kappa shape index (κ3) is 5.68. The van der Waals surface area contributed by atoms with Gasteiger partial charge in [-0.25, -0.2) is 4.68 Å². The molecule has 37 heavy (non-hydrogen) atoms. The molecule has 0 saturated carbocycles. The number of amides is 1. The number of piperidine rings is 1. The first-order valence-corrected chi connectivity index (χ1v) is 14.1. The van der Waals surface area contributed by atoms with Crippen LogP contribution in [0.1, 0.15) is 72.4 Å². The highest BCUT2D eigenvalue weighted by molar-refractivity contribution is 6.30. The van der Waals surface area contributed by atoms with Gasteiger partial charge in [0, 0.05) is 24.2 Å². The van der Waals surface area contributed by atoms with Gasteiger partial charge in [0.05, 0.1) is 22.6 Å². The van der Waals surface area contributed by atoms with Crippen LogP contribution in [0.4, 0.5) is 0 Å². The zero-order valence-corrected chi connectivity index (χ0v) is 22.8. The molecular weight excluding hydrogens is 480 g/mol. The number of hydrogen-bond donors (Lipinski definition) is 0. The average Bonchev–Trinajstić information content (AvgIpc) is 3.61. The summed E-state index contributed by atoms with van der Waals surface area (Å²) in [5, 5.41) is 5.69. The number of carbonyl (C=O) groups excluding carboxylic acids is 1. The molecule has 2 aliphatic rings. The average molecular weight is 517 g/mol. The lowest BCUT2D eigenvalue weighted by atomic mass is 10.0. The van der Waals surface area contributed by atoms with Crippen LogP contribution in [0.5, 0.6) is 0 Å². The van der Waals surface area contributed by atoms with Crippen LogP contribution in [-0.4, -0.2) is 57.7 Å². The number of likely N-dealkylation sites (tertiary alicyclic amines) is 2. The maximum atomic E-state index is 13.8. The number of halogens is 1. The van der Waals surface area contributed by atoms with Crippen molar-refractivity contribution in [1.82, 2.24) is 19.6 Å². The topological polar surface area (TPSA) is 41.4 Å². The second kappa shape index (κ2) is 11.7. The molecule has 0 N–H and O–H groups in total. The quantitative estimate of drug-likeness (QED) is 0.335. The van der Waals surface area contributed by atoms with E-state index in [1.807, 2.05) is 35.0 Å². The van der Waals surface area contributed by atoms with Gasteiger partial charge in [-0.15, -0.1) is 0 Å². The summed E-state index contributed by atoms with van der Waals surface area (Å²) in [6.45, 7) is 8.32. The van der Waals surface area contributed by atoms with Gasteiger partial charge >= 0.3 is 0 Å². The predicted molar refractivity (Wildman–Crippen MR) is 152 cm³/mol. The molecule has 194 valence electrons. The molecule has 0 aliphatic carbocycles. The van der Waals surface area contributed by atoms with E-state index in [2.05, 4.69) is 54.0 Å². The van der Waals surface area contributed by atoms with Gasteiger partial charge in [-0.3, -0.25) is 4.79 Å². The van der Waals surface area contributed by atoms with Gasteiger partial charge < -0.3 is 9.80 Å². The van der Waals surface area contributed by atoms with Crippen LogP contribution < -0.4 is 0 Å². The van der Waals surface area contributed by atoms with Crippen molar-refractivity contribution in [1.29, 1.82) is 0 Å². The fraction of sp³-hybridized carbons (Fsp3) is 0.419. The van der Waals surface area contributed by atoms with E-state index in [1.54, 1.807) is 0 Å². The Morgan fingerprint density at radius 2 is 1.65 bits per heavy atom. The van der Waals surface area contributed by atoms with Crippen LogP contribution >= 0.6 is 11.6 Å². The van der Waals surface area contributed by atoms with Crippen LogP contribution in [0.15, 0.2) is 48.5 Å². The third-order valence-electron chi connectivity index (χ3n) is 7.80. The van der Waals surface area contributed by atoms with Crippen LogP contribution in [0.3, 0.4) is 0 Å². The van der Waals surface area contributed by atoms with Crippen molar-refractivity contribution < 1.29 is 4.79 Å². The first kappa shape index (κ1) is 25.7. The lowest BCUT2D eigenvalue weighted by Gasteiger charge is -2.36. The summed E-state index contributed by atoms with van der Waals surface area (Å²) in [5.41, 5.74) is 5.87. The first-order valence-electron chi connectivity index (χ1n) is 13.8. The standard InChI is InChI=1S/C31H37ClN4O/c1-3-28-30(31(37)35-20-16-26(17-21-35)34-18-5-6-19-34)29(4-2)36(33-28)27-9-7-8-24(22-27)11-10-23-12-14-25(32)15-13-23/h7-15,22,26H,3-6,16-21H2,1-2H3. The maximum absolute atomic E-state index is 13.8. The minimum atomic E-state index is 0.151. The molecule has 0 bridgehead atoms. The Morgan fingerprint density at radius 3 is 2.32 bits per heavy atom. The zero-order valence-electron chi connectivity index (χ0n) is 22.0. The van der Waals surface area contributed by atoms with Gasteiger partial charge in [-0.2, -0.15) is 5.10 Å². The van der Waals surface area contributed by atoms with Crippen LogP contribution in [0.2, 0.25) is 5.02 Å². The molecule has 6 heteroatoms. The van der Waals surface area contributed by atoms with E-state index >= 15 is 0 Å². The van der Waals surface area contributed by atoms with E-state index in [0.29, 0.717) is 6.04 Å². The summed E-state index contributed by atoms with van der Waals surface area (Å²) in [4.78, 5) is 18.5. The molecule has 0 radical (unpaired) electrons. The summed E-state index contributed by atoms with van der Waals surface area (Å²) in [5.74, 6) is 0.151. The molecule has 3 heterocycles. The van der Waals surface area contributed by atoms with E-state index in [9.17, 15) is 4.79 Å². The lowest BCUT2D eigenvalue weighted by Crippen LogP contribution is -2.46. The first-order chi connectivity index (χ1) is 18.1. The Labute approximate surface area is 225 Å². The highest BCUT2D eigenvalue weighted by Gasteiger charge is 2.31. The number of aryl methyl sites for hydroxylation is 1. The molecule has 2 aromatic carbocycles. The Balaban J connectivity index is 1.37. The van der Waals surface area contributed by atoms with Crippen LogP contribution in [-0.2, 0) is 12.8 Å². The summed E-state index contributed by atoms with van der Waals surface area (Å²) < 4.78 is 1.99. The van der Waals surface area contributed by atoms with E-state index < -0.39 is 0 Å². The molecule has 0 spiro atoms. The Morgan fingerprint density at radius 1 is 0.946 bits per heavy atom. The fourth-order valence-electron chi connectivity index (χ4n) is 5.76. The largest absolute Gasteiger partial charge is 0.338 e. The second-order valence-electron chi connectivity index (χ2n) is 10.1. The van der Waals surface area contributed by atoms with Gasteiger partial charge in [0.1, 0.15) is 0 Å². The van der Waals surface area contributed by atoms with Gasteiger partial charge in [0.2, 0.25) is 0 Å². The second-order valence-corrected chi connectivity index (χ2v) is 10.6. The number of aromatic nitrogens is 2. The SMILES string of the molecule is CCc1nn(-c2cccc(C=Cc3ccc(Cl)cc3)c2)c(CC)c1C(=O)N1CCC(N2CCCC2)CC1. The normalized spacial score (nSPS) is 17.2. The van der Waals surface area contributed by atoms with E-state index in [-0.39, 0.29) is 5.91 Å². The summed E-state index contributed by atoms with van der Waals surface area (Å²) in [6, 6.07) is 16.8. The number of nitrogens with zero attached hydrogens (tertiary/aromatic N) is 4. The highest BCUT2D eigenvalue weighted by atomic mass is 35.5. The maximum Gasteiger partial charge on any atom is 0.257 e. The van der Waals surface area contributed by atoms with Crippen molar-refractivity contribution in [2.24, 2.45) is 0 Å². The van der Waals surface area contributed by atoms with Crippen molar-refractivity contribution in [3.8, 4) is 5.69 Å². The zero-order chi connectivity index (χ0) is 25.8. The van der Waals surface area contributed by atoms with Gasteiger partial charge in [-0.05, 0) is 87.0 Å². The summed E-state index contributed by atoms with van der Waals surface area (Å²) >= 11 is 6.01. The molecule has 0 atom stereocenters. The van der Waals surface area contributed by atoms with Crippen molar-refractivity contribution in [2.45, 2.75) is 58.4 Å². The van der Waals surface area contributed by atoms with Gasteiger partial charge in [0.25, 0.3) is 5.91 Å². The highest BCUT2D eigenvalue weighted by Crippen LogP contribution is 2.26. The Hall–Kier alpha value is -2.89. The van der Waals surface area contributed by atoms with Crippen molar-refractivity contribution in [2.75, 3.05) is 26.2 Å². The van der Waals surface area contributed by atoms with E-state index in [4.69, 9.17) is 16.7 Å². The van der Waals surface area contributed by atoms with E-state index in [1.165, 1.54) is 25.9 Å². The Kier molecular flexibility index (Phi) is 8.11. The molecule has 0 unspecified atom stereocenters. The van der Waals surface area contributed by atoms with Crippen molar-refractivity contribution in [3.05, 3.63) is 81.6 Å². The minimum absolute atomic E-state index is 0.151. The van der Waals surface area contributed by atoms with Crippen molar-refractivity contribution in [3.63, 3.8) is 0 Å². The predicted octanol–water partition coefficient (Wildman–Crippen LogP) is 6.52. The summed E-state index contributed by atoms with van der Waals surface area (Å²) in [7, 11) is 0. The molecular formula is C31H37ClN4O. The summed E-state index contributed by atoms with van der Waals surface area (Å²) in [6.07, 6.45) is 10.4. The molecule has 2 aliphatic heterocycles. The molecule has 1 aromatic heterocycles. The number of rotatable bonds is 7. The van der Waals surface area contributed by atoms with Gasteiger partial charge in [-0.1, -0.05) is 61.9 Å². The fourth-order valence-corrected chi connectivity index (χ4v) is 5.89. The van der Waals surface area contributed by atoms with Gasteiger partial charge in [0.15, 0.2) is 0 Å². The number of hydrogen-bond acceptors (Lipinski definition) is 3. The monoisotopic (exact) mass is 516 g/mol. The molecule has 2 saturated heterocycles. The van der Waals surface area contributed by atoms with Crippen LogP contribution in [0, 0.1) is 0 Å². The molecule has 2 fully saturated rings. The third-order valence-corrected chi connectivity index (χ3v) is 8.05. The number of carbonyl (C=O) groups is 1. The smallest absolute Gasteiger partial charge is 0.257 e. The number of benzene rings is 2. The van der Waals surface area contributed by atoms with E-state index in [0.717, 1.165) is 77.6 Å². The minimum Gasteiger partial charge on any atom is -0.338 e. The molecule has 1 amide bonds. The Bertz CT molecular complexity index is 1250.